The van der Waals surface area contributed by atoms with Gasteiger partial charge >= 0.3 is 0 Å². The molecule has 0 saturated carbocycles. The van der Waals surface area contributed by atoms with Crippen molar-refractivity contribution in [1.82, 2.24) is 9.97 Å². The van der Waals surface area contributed by atoms with E-state index in [1.54, 1.807) is 0 Å². The van der Waals surface area contributed by atoms with Crippen LogP contribution in [0, 0.1) is 13.8 Å². The monoisotopic (exact) mass is 271 g/mol. The maximum atomic E-state index is 5.93. The molecule has 0 saturated heterocycles. The van der Waals surface area contributed by atoms with Gasteiger partial charge in [0.2, 0.25) is 5.88 Å². The lowest BCUT2D eigenvalue weighted by molar-refractivity contribution is 0.454. The van der Waals surface area contributed by atoms with Gasteiger partial charge < -0.3 is 10.1 Å². The SMILES string of the molecule is CCCc1nc(NC)c(C)c(Oc2cccc(C)c2)n1. The average molecular weight is 271 g/mol. The van der Waals surface area contributed by atoms with Crippen molar-refractivity contribution in [3.63, 3.8) is 0 Å². The van der Waals surface area contributed by atoms with Gasteiger partial charge in [0.05, 0.1) is 5.56 Å². The van der Waals surface area contributed by atoms with Crippen molar-refractivity contribution in [1.29, 1.82) is 0 Å². The van der Waals surface area contributed by atoms with Gasteiger partial charge in [-0.2, -0.15) is 4.98 Å². The van der Waals surface area contributed by atoms with E-state index in [4.69, 9.17) is 4.74 Å². The Bertz CT molecular complexity index is 596. The van der Waals surface area contributed by atoms with Crippen molar-refractivity contribution in [2.45, 2.75) is 33.6 Å². The predicted molar refractivity (Wildman–Crippen MR) is 81.6 cm³/mol. The number of aryl methyl sites for hydroxylation is 2. The summed E-state index contributed by atoms with van der Waals surface area (Å²) in [6.07, 6.45) is 1.86. The van der Waals surface area contributed by atoms with Gasteiger partial charge in [-0.25, -0.2) is 4.98 Å². The lowest BCUT2D eigenvalue weighted by atomic mass is 10.2. The second-order valence-electron chi connectivity index (χ2n) is 4.84. The maximum absolute atomic E-state index is 5.93. The quantitative estimate of drug-likeness (QED) is 0.896. The lowest BCUT2D eigenvalue weighted by Gasteiger charge is -2.13. The minimum Gasteiger partial charge on any atom is -0.439 e. The highest BCUT2D eigenvalue weighted by Gasteiger charge is 2.11. The van der Waals surface area contributed by atoms with Crippen molar-refractivity contribution in [2.24, 2.45) is 0 Å². The number of hydrogen-bond donors (Lipinski definition) is 1. The van der Waals surface area contributed by atoms with E-state index >= 15 is 0 Å². The van der Waals surface area contributed by atoms with Gasteiger partial charge in [0.1, 0.15) is 17.4 Å². The van der Waals surface area contributed by atoms with Crippen LogP contribution in [0.2, 0.25) is 0 Å². The van der Waals surface area contributed by atoms with Gasteiger partial charge in [-0.1, -0.05) is 19.1 Å². The van der Waals surface area contributed by atoms with Crippen molar-refractivity contribution in [2.75, 3.05) is 12.4 Å². The van der Waals surface area contributed by atoms with E-state index in [2.05, 4.69) is 22.2 Å². The minimum atomic E-state index is 0.624. The third-order valence-corrected chi connectivity index (χ3v) is 3.06. The zero-order valence-electron chi connectivity index (χ0n) is 12.5. The lowest BCUT2D eigenvalue weighted by Crippen LogP contribution is -2.05. The summed E-state index contributed by atoms with van der Waals surface area (Å²) in [5.41, 5.74) is 2.09. The van der Waals surface area contributed by atoms with Crippen LogP contribution in [0.15, 0.2) is 24.3 Å². The smallest absolute Gasteiger partial charge is 0.227 e. The largest absolute Gasteiger partial charge is 0.439 e. The molecular weight excluding hydrogens is 250 g/mol. The van der Waals surface area contributed by atoms with Crippen molar-refractivity contribution in [3.8, 4) is 11.6 Å². The highest BCUT2D eigenvalue weighted by molar-refractivity contribution is 5.49. The van der Waals surface area contributed by atoms with E-state index in [9.17, 15) is 0 Å². The van der Waals surface area contributed by atoms with Gasteiger partial charge in [-0.15, -0.1) is 0 Å². The zero-order chi connectivity index (χ0) is 14.5. The van der Waals surface area contributed by atoms with Crippen LogP contribution in [-0.2, 0) is 6.42 Å². The minimum absolute atomic E-state index is 0.624. The molecule has 1 aromatic carbocycles. The Morgan fingerprint density at radius 3 is 2.65 bits per heavy atom. The molecule has 1 heterocycles. The summed E-state index contributed by atoms with van der Waals surface area (Å²) in [5.74, 6) is 3.06. The Balaban J connectivity index is 2.36. The van der Waals surface area contributed by atoms with Crippen LogP contribution in [0.3, 0.4) is 0 Å². The summed E-state index contributed by atoms with van der Waals surface area (Å²) in [4.78, 5) is 9.02. The van der Waals surface area contributed by atoms with E-state index in [-0.39, 0.29) is 0 Å². The molecule has 106 valence electrons. The van der Waals surface area contributed by atoms with E-state index < -0.39 is 0 Å². The Hall–Kier alpha value is -2.10. The summed E-state index contributed by atoms with van der Waals surface area (Å²) in [6.45, 7) is 6.12. The second-order valence-corrected chi connectivity index (χ2v) is 4.84. The molecule has 0 unspecified atom stereocenters. The fourth-order valence-electron chi connectivity index (χ4n) is 2.01. The highest BCUT2D eigenvalue weighted by atomic mass is 16.5. The van der Waals surface area contributed by atoms with Crippen LogP contribution in [0.4, 0.5) is 5.82 Å². The number of rotatable bonds is 5. The molecule has 0 bridgehead atoms. The van der Waals surface area contributed by atoms with Crippen LogP contribution in [-0.4, -0.2) is 17.0 Å². The second kappa shape index (κ2) is 6.37. The van der Waals surface area contributed by atoms with Crippen LogP contribution in [0.1, 0.15) is 30.3 Å². The van der Waals surface area contributed by atoms with E-state index in [1.807, 2.05) is 45.2 Å². The first kappa shape index (κ1) is 14.3. The van der Waals surface area contributed by atoms with Gasteiger partial charge in [0.15, 0.2) is 0 Å². The van der Waals surface area contributed by atoms with Gasteiger partial charge in [0.25, 0.3) is 0 Å². The fourth-order valence-corrected chi connectivity index (χ4v) is 2.01. The predicted octanol–water partition coefficient (Wildman–Crippen LogP) is 3.88. The number of anilines is 1. The Labute approximate surface area is 120 Å². The molecule has 0 spiro atoms. The molecule has 0 atom stereocenters. The Morgan fingerprint density at radius 2 is 2.00 bits per heavy atom. The molecule has 20 heavy (non-hydrogen) atoms. The van der Waals surface area contributed by atoms with Crippen LogP contribution in [0.5, 0.6) is 11.6 Å². The number of benzene rings is 1. The molecular formula is C16H21N3O. The van der Waals surface area contributed by atoms with Crippen molar-refractivity contribution in [3.05, 3.63) is 41.2 Å². The molecule has 1 aromatic heterocycles. The topological polar surface area (TPSA) is 47.0 Å². The molecule has 2 rings (SSSR count). The summed E-state index contributed by atoms with van der Waals surface area (Å²) < 4.78 is 5.93. The van der Waals surface area contributed by atoms with Crippen molar-refractivity contribution < 1.29 is 4.74 Å². The molecule has 0 amide bonds. The summed E-state index contributed by atoms with van der Waals surface area (Å²) in [5, 5.41) is 3.10. The normalized spacial score (nSPS) is 10.4. The van der Waals surface area contributed by atoms with Crippen LogP contribution in [0.25, 0.3) is 0 Å². The molecule has 0 fully saturated rings. The average Bonchev–Trinajstić information content (AvgIpc) is 2.42. The number of aromatic nitrogens is 2. The molecule has 1 N–H and O–H groups in total. The number of ether oxygens (including phenoxy) is 1. The molecule has 0 aliphatic carbocycles. The molecule has 0 aliphatic heterocycles. The standard InChI is InChI=1S/C16H21N3O/c1-5-7-14-18-15(17-4)12(3)16(19-14)20-13-9-6-8-11(2)10-13/h6,8-10H,5,7H2,1-4H3,(H,17,18,19). The van der Waals surface area contributed by atoms with E-state index in [1.165, 1.54) is 0 Å². The first-order valence-electron chi connectivity index (χ1n) is 6.93. The number of hydrogen-bond acceptors (Lipinski definition) is 4. The first-order valence-corrected chi connectivity index (χ1v) is 6.93. The van der Waals surface area contributed by atoms with Gasteiger partial charge in [-0.05, 0) is 38.0 Å². The Kier molecular flexibility index (Phi) is 4.56. The number of nitrogens with zero attached hydrogens (tertiary/aromatic N) is 2. The molecule has 0 aliphatic rings. The van der Waals surface area contributed by atoms with Gasteiger partial charge in [-0.3, -0.25) is 0 Å². The molecule has 2 aromatic rings. The molecule has 4 nitrogen and oxygen atoms in total. The van der Waals surface area contributed by atoms with E-state index in [0.29, 0.717) is 5.88 Å². The molecule has 4 heteroatoms. The number of nitrogens with one attached hydrogen (secondary N) is 1. The fraction of sp³-hybridized carbons (Fsp3) is 0.375. The van der Waals surface area contributed by atoms with E-state index in [0.717, 1.165) is 41.4 Å². The highest BCUT2D eigenvalue weighted by Crippen LogP contribution is 2.27. The van der Waals surface area contributed by atoms with Crippen LogP contribution >= 0.6 is 0 Å². The van der Waals surface area contributed by atoms with Crippen molar-refractivity contribution >= 4 is 5.82 Å². The summed E-state index contributed by atoms with van der Waals surface area (Å²) in [6, 6.07) is 7.96. The maximum Gasteiger partial charge on any atom is 0.227 e. The third-order valence-electron chi connectivity index (χ3n) is 3.06. The molecule has 0 radical (unpaired) electrons. The van der Waals surface area contributed by atoms with Gasteiger partial charge in [0, 0.05) is 13.5 Å². The Morgan fingerprint density at radius 1 is 1.20 bits per heavy atom. The summed E-state index contributed by atoms with van der Waals surface area (Å²) >= 11 is 0. The summed E-state index contributed by atoms with van der Waals surface area (Å²) in [7, 11) is 1.86. The first-order chi connectivity index (χ1) is 9.63. The van der Waals surface area contributed by atoms with Crippen LogP contribution < -0.4 is 10.1 Å². The third kappa shape index (κ3) is 3.26. The zero-order valence-corrected chi connectivity index (χ0v) is 12.5.